The molecule has 5 nitrogen and oxygen atoms in total. The van der Waals surface area contributed by atoms with E-state index < -0.39 is 15.9 Å². The van der Waals surface area contributed by atoms with Gasteiger partial charge < -0.3 is 14.6 Å². The van der Waals surface area contributed by atoms with Crippen LogP contribution in [0.15, 0.2) is 0 Å². The normalized spacial score (nSPS) is 10.5. The Hall–Kier alpha value is -0.370. The second-order valence-electron chi connectivity index (χ2n) is 1.69. The number of carbonyl (C=O) groups is 2. The molecule has 0 atom stereocenters. The Balaban J connectivity index is 3.99. The topological polar surface area (TPSA) is 72.8 Å². The number of halogens is 1. The zero-order valence-electron chi connectivity index (χ0n) is 5.96. The van der Waals surface area contributed by atoms with Crippen LogP contribution >= 0.6 is 22.6 Å². The summed E-state index contributed by atoms with van der Waals surface area (Å²) in [5, 5.41) is 8.96. The van der Waals surface area contributed by atoms with Gasteiger partial charge in [0.1, 0.15) is 0 Å². The number of alkyl halides is 1. The predicted molar refractivity (Wildman–Crippen MR) is 42.5 cm³/mol. The molecule has 0 amide bonds. The number of ether oxygens (including phenoxy) is 2. The molecule has 0 aliphatic heterocycles. The van der Waals surface area contributed by atoms with Crippen molar-refractivity contribution >= 4 is 34.5 Å². The fourth-order valence-electron chi connectivity index (χ4n) is 0.375. The van der Waals surface area contributed by atoms with Gasteiger partial charge in [-0.2, -0.15) is 0 Å². The molecule has 0 saturated carbocycles. The van der Waals surface area contributed by atoms with Crippen molar-refractivity contribution in [2.24, 2.45) is 0 Å². The number of esters is 2. The van der Waals surface area contributed by atoms with Crippen LogP contribution in [0.2, 0.25) is 0 Å². The lowest BCUT2D eigenvalue weighted by Crippen LogP contribution is -2.31. The molecule has 0 unspecified atom stereocenters. The highest BCUT2D eigenvalue weighted by Gasteiger charge is 2.30. The highest BCUT2D eigenvalue weighted by atomic mass is 127. The summed E-state index contributed by atoms with van der Waals surface area (Å²) in [6.45, 7) is 2.18. The minimum atomic E-state index is -2.19. The van der Waals surface area contributed by atoms with E-state index in [0.717, 1.165) is 13.8 Å². The lowest BCUT2D eigenvalue weighted by molar-refractivity contribution is -0.254. The van der Waals surface area contributed by atoms with Gasteiger partial charge in [-0.3, -0.25) is 9.59 Å². The quantitative estimate of drug-likeness (QED) is 0.336. The van der Waals surface area contributed by atoms with E-state index >= 15 is 0 Å². The van der Waals surface area contributed by atoms with E-state index in [9.17, 15) is 9.59 Å². The van der Waals surface area contributed by atoms with Gasteiger partial charge in [-0.1, -0.05) is 0 Å². The molecule has 0 aliphatic rings. The van der Waals surface area contributed by atoms with Gasteiger partial charge in [-0.15, -0.1) is 0 Å². The highest BCUT2D eigenvalue weighted by Crippen LogP contribution is 2.18. The van der Waals surface area contributed by atoms with Gasteiger partial charge in [0.25, 0.3) is 0 Å². The molecule has 0 saturated heterocycles. The largest absolute Gasteiger partial charge is 0.428 e. The van der Waals surface area contributed by atoms with Gasteiger partial charge in [0.05, 0.1) is 22.6 Å². The fraction of sp³-hybridized carbons (Fsp3) is 0.600. The Bertz CT molecular complexity index is 158. The Kier molecular flexibility index (Phi) is 3.73. The van der Waals surface area contributed by atoms with Crippen molar-refractivity contribution < 1.29 is 24.2 Å². The summed E-state index contributed by atoms with van der Waals surface area (Å²) in [6.07, 6.45) is 0. The second-order valence-corrected chi connectivity index (χ2v) is 3.06. The lowest BCUT2D eigenvalue weighted by atomic mass is 10.8. The molecular formula is C5H7IO5. The molecule has 0 aromatic rings. The number of aliphatic hydroxyl groups is 1. The molecular weight excluding hydrogens is 267 g/mol. The van der Waals surface area contributed by atoms with Gasteiger partial charge in [0.15, 0.2) is 0 Å². The van der Waals surface area contributed by atoms with Crippen molar-refractivity contribution in [2.75, 3.05) is 0 Å². The predicted octanol–water partition coefficient (Wildman–Crippen LogP) is 0.151. The van der Waals surface area contributed by atoms with Gasteiger partial charge in [-0.25, -0.2) is 0 Å². The fourth-order valence-corrected chi connectivity index (χ4v) is 0.996. The Morgan fingerprint density at radius 1 is 1.27 bits per heavy atom. The van der Waals surface area contributed by atoms with Crippen LogP contribution in [0.25, 0.3) is 0 Å². The summed E-state index contributed by atoms with van der Waals surface area (Å²) in [4.78, 5) is 20.5. The van der Waals surface area contributed by atoms with Crippen molar-refractivity contribution in [3.05, 3.63) is 0 Å². The standard InChI is InChI=1S/C5H7IO5/c1-3(7)10-5(6,9)11-4(2)8/h9H,1-2H3. The van der Waals surface area contributed by atoms with Crippen LogP contribution in [0.1, 0.15) is 13.8 Å². The molecule has 0 aromatic carbocycles. The Labute approximate surface area is 76.8 Å². The van der Waals surface area contributed by atoms with Crippen molar-refractivity contribution in [3.63, 3.8) is 0 Å². The van der Waals surface area contributed by atoms with Crippen LogP contribution in [0, 0.1) is 0 Å². The highest BCUT2D eigenvalue weighted by molar-refractivity contribution is 14.1. The molecule has 0 spiro atoms. The first kappa shape index (κ1) is 10.6. The van der Waals surface area contributed by atoms with Gasteiger partial charge >= 0.3 is 15.9 Å². The van der Waals surface area contributed by atoms with Crippen LogP contribution in [0.3, 0.4) is 0 Å². The molecule has 0 aliphatic carbocycles. The summed E-state index contributed by atoms with van der Waals surface area (Å²) in [7, 11) is 0. The molecule has 0 heterocycles. The first-order valence-electron chi connectivity index (χ1n) is 2.64. The zero-order valence-corrected chi connectivity index (χ0v) is 8.12. The summed E-state index contributed by atoms with van der Waals surface area (Å²) < 4.78 is 6.23. The molecule has 64 valence electrons. The van der Waals surface area contributed by atoms with E-state index in [1.807, 2.05) is 0 Å². The van der Waals surface area contributed by atoms with Gasteiger partial charge in [-0.05, 0) is 0 Å². The van der Waals surface area contributed by atoms with Crippen LogP contribution in [0.4, 0.5) is 0 Å². The number of hydrogen-bond acceptors (Lipinski definition) is 5. The molecule has 1 N–H and O–H groups in total. The number of hydrogen-bond donors (Lipinski definition) is 1. The van der Waals surface area contributed by atoms with Crippen LogP contribution in [0.5, 0.6) is 0 Å². The average Bonchev–Trinajstić information content (AvgIpc) is 1.53. The first-order chi connectivity index (χ1) is 4.83. The Morgan fingerprint density at radius 2 is 1.55 bits per heavy atom. The van der Waals surface area contributed by atoms with Gasteiger partial charge in [0, 0.05) is 13.8 Å². The molecule has 0 radical (unpaired) electrons. The molecule has 0 aromatic heterocycles. The maximum atomic E-state index is 10.3. The number of rotatable bonds is 2. The third-order valence-electron chi connectivity index (χ3n) is 0.539. The smallest absolute Gasteiger partial charge is 0.390 e. The summed E-state index contributed by atoms with van der Waals surface area (Å²) >= 11 is 1.28. The zero-order chi connectivity index (χ0) is 9.07. The Morgan fingerprint density at radius 3 is 1.73 bits per heavy atom. The molecule has 0 rings (SSSR count). The minimum absolute atomic E-state index is 0.733. The SMILES string of the molecule is CC(=O)OC(O)(I)OC(C)=O. The lowest BCUT2D eigenvalue weighted by Gasteiger charge is -2.18. The van der Waals surface area contributed by atoms with Gasteiger partial charge in [0.2, 0.25) is 0 Å². The van der Waals surface area contributed by atoms with E-state index in [1.54, 1.807) is 0 Å². The van der Waals surface area contributed by atoms with E-state index in [1.165, 1.54) is 22.6 Å². The maximum Gasteiger partial charge on any atom is 0.428 e. The van der Waals surface area contributed by atoms with Crippen LogP contribution < -0.4 is 0 Å². The van der Waals surface area contributed by atoms with E-state index in [4.69, 9.17) is 5.11 Å². The number of carbonyl (C=O) groups excluding carboxylic acids is 2. The van der Waals surface area contributed by atoms with E-state index in [-0.39, 0.29) is 0 Å². The van der Waals surface area contributed by atoms with Crippen molar-refractivity contribution in [1.82, 2.24) is 0 Å². The average molecular weight is 274 g/mol. The monoisotopic (exact) mass is 274 g/mol. The molecule has 0 bridgehead atoms. The summed E-state index contributed by atoms with van der Waals surface area (Å²) in [6, 6.07) is 0. The second kappa shape index (κ2) is 3.86. The minimum Gasteiger partial charge on any atom is -0.390 e. The third kappa shape index (κ3) is 6.05. The van der Waals surface area contributed by atoms with E-state index in [2.05, 4.69) is 9.47 Å². The first-order valence-corrected chi connectivity index (χ1v) is 3.72. The van der Waals surface area contributed by atoms with Crippen molar-refractivity contribution in [3.8, 4) is 0 Å². The van der Waals surface area contributed by atoms with Crippen LogP contribution in [-0.4, -0.2) is 21.0 Å². The van der Waals surface area contributed by atoms with Crippen molar-refractivity contribution in [1.29, 1.82) is 0 Å². The summed E-state index contributed by atoms with van der Waals surface area (Å²) in [5.41, 5.74) is 0. The molecule has 6 heteroatoms. The molecule has 0 fully saturated rings. The third-order valence-corrected chi connectivity index (χ3v) is 0.980. The summed E-state index contributed by atoms with van der Waals surface area (Å²) in [5.74, 6) is -1.47. The van der Waals surface area contributed by atoms with Crippen molar-refractivity contribution in [2.45, 2.75) is 17.8 Å². The molecule has 11 heavy (non-hydrogen) atoms. The van der Waals surface area contributed by atoms with Crippen LogP contribution in [-0.2, 0) is 19.1 Å². The van der Waals surface area contributed by atoms with E-state index in [0.29, 0.717) is 0 Å². The maximum absolute atomic E-state index is 10.3.